The van der Waals surface area contributed by atoms with Gasteiger partial charge in [-0.25, -0.2) is 0 Å². The average Bonchev–Trinajstić information content (AvgIpc) is 3.31. The SMILES string of the molecule is CC/C=C\C/C=C\C/C=C\C/C=C\C/C=C\C/C=C\C/C=C\CCCCCCCCCCCCCCCCCCCC(=O)NC(CO)C(O)/C=C/CCCCCCCCCCCCCC. The lowest BCUT2D eigenvalue weighted by molar-refractivity contribution is -0.123. The van der Waals surface area contributed by atoms with Crippen molar-refractivity contribution < 1.29 is 15.0 Å². The van der Waals surface area contributed by atoms with Gasteiger partial charge >= 0.3 is 0 Å². The summed E-state index contributed by atoms with van der Waals surface area (Å²) in [6.45, 7) is 4.19. The van der Waals surface area contributed by atoms with Gasteiger partial charge in [0.15, 0.2) is 0 Å². The monoisotopic (exact) mass is 902 g/mol. The topological polar surface area (TPSA) is 69.6 Å². The number of aliphatic hydroxyl groups excluding tert-OH is 2. The van der Waals surface area contributed by atoms with Gasteiger partial charge < -0.3 is 15.5 Å². The summed E-state index contributed by atoms with van der Waals surface area (Å²) in [5.74, 6) is -0.0650. The first-order valence-electron chi connectivity index (χ1n) is 28.0. The van der Waals surface area contributed by atoms with Crippen LogP contribution in [0.2, 0.25) is 0 Å². The van der Waals surface area contributed by atoms with Crippen LogP contribution in [0.5, 0.6) is 0 Å². The second kappa shape index (κ2) is 55.6. The zero-order valence-corrected chi connectivity index (χ0v) is 43.0. The third-order valence-electron chi connectivity index (χ3n) is 12.3. The lowest BCUT2D eigenvalue weighted by atomic mass is 10.0. The Hall–Kier alpha value is -2.69. The molecule has 3 N–H and O–H groups in total. The minimum Gasteiger partial charge on any atom is -0.394 e. The quantitative estimate of drug-likeness (QED) is 0.0421. The van der Waals surface area contributed by atoms with Gasteiger partial charge in [-0.05, 0) is 77.0 Å². The number of carbonyl (C=O) groups is 1. The first kappa shape index (κ1) is 62.3. The van der Waals surface area contributed by atoms with Gasteiger partial charge in [-0.3, -0.25) is 4.79 Å². The van der Waals surface area contributed by atoms with Gasteiger partial charge in [0, 0.05) is 6.42 Å². The molecule has 0 aliphatic heterocycles. The number of unbranched alkanes of at least 4 members (excludes halogenated alkanes) is 29. The van der Waals surface area contributed by atoms with Crippen molar-refractivity contribution in [3.05, 3.63) is 97.2 Å². The van der Waals surface area contributed by atoms with E-state index in [1.54, 1.807) is 6.08 Å². The van der Waals surface area contributed by atoms with Crippen molar-refractivity contribution in [2.45, 2.75) is 276 Å². The van der Waals surface area contributed by atoms with Crippen molar-refractivity contribution in [2.24, 2.45) is 0 Å². The minimum absolute atomic E-state index is 0.0650. The molecule has 0 rings (SSSR count). The molecule has 4 heteroatoms. The van der Waals surface area contributed by atoms with Gasteiger partial charge in [-0.2, -0.15) is 0 Å². The molecule has 0 fully saturated rings. The van der Waals surface area contributed by atoms with E-state index in [2.05, 4.69) is 104 Å². The standard InChI is InChI=1S/C61H107NO3/c1-3-5-7-9-11-13-15-17-19-20-21-22-23-24-25-26-27-28-29-30-31-32-33-34-35-36-37-38-39-40-41-42-43-45-47-49-51-53-55-57-61(65)62-59(58-63)60(64)56-54-52-50-48-46-44-18-16-14-12-10-8-6-4-2/h5,7,11,13,17,19,21-22,24-25,27-28,30-31,54,56,59-60,63-64H,3-4,6,8-10,12,14-16,18,20,23,26,29,32-53,55,57-58H2,1-2H3,(H,62,65)/b7-5-,13-11-,19-17-,22-21-,25-24-,28-27-,31-30-,56-54+. The van der Waals surface area contributed by atoms with Crippen molar-refractivity contribution in [1.29, 1.82) is 0 Å². The summed E-state index contributed by atoms with van der Waals surface area (Å²) in [6, 6.07) is -0.625. The van der Waals surface area contributed by atoms with Gasteiger partial charge in [-0.1, -0.05) is 278 Å². The van der Waals surface area contributed by atoms with E-state index in [1.165, 1.54) is 173 Å². The fourth-order valence-electron chi connectivity index (χ4n) is 8.10. The fraction of sp³-hybridized carbons (Fsp3) is 0.721. The summed E-state index contributed by atoms with van der Waals surface area (Å²) < 4.78 is 0. The number of rotatable bonds is 50. The molecule has 0 spiro atoms. The Morgan fingerprint density at radius 2 is 0.677 bits per heavy atom. The maximum absolute atomic E-state index is 12.4. The third-order valence-corrected chi connectivity index (χ3v) is 12.3. The Labute approximate surface area is 404 Å². The summed E-state index contributed by atoms with van der Waals surface area (Å²) in [6.07, 6.45) is 82.8. The molecule has 0 radical (unpaired) electrons. The number of nitrogens with one attached hydrogen (secondary N) is 1. The van der Waals surface area contributed by atoms with Gasteiger partial charge in [0.05, 0.1) is 18.8 Å². The van der Waals surface area contributed by atoms with Crippen molar-refractivity contribution in [2.75, 3.05) is 6.61 Å². The maximum atomic E-state index is 12.4. The van der Waals surface area contributed by atoms with Crippen LogP contribution in [0.25, 0.3) is 0 Å². The number of amides is 1. The molecule has 0 aliphatic rings. The lowest BCUT2D eigenvalue weighted by Crippen LogP contribution is -2.45. The maximum Gasteiger partial charge on any atom is 0.220 e. The number of allylic oxidation sites excluding steroid dienone is 15. The van der Waals surface area contributed by atoms with Gasteiger partial charge in [0.2, 0.25) is 5.91 Å². The molecule has 0 saturated carbocycles. The molecular formula is C61H107NO3. The summed E-state index contributed by atoms with van der Waals surface area (Å²) in [7, 11) is 0. The highest BCUT2D eigenvalue weighted by molar-refractivity contribution is 5.76. The molecule has 0 heterocycles. The molecule has 0 aromatic heterocycles. The van der Waals surface area contributed by atoms with E-state index < -0.39 is 12.1 Å². The van der Waals surface area contributed by atoms with Crippen LogP contribution >= 0.6 is 0 Å². The van der Waals surface area contributed by atoms with Crippen LogP contribution in [0.15, 0.2) is 97.2 Å². The molecule has 2 atom stereocenters. The number of carbonyl (C=O) groups excluding carboxylic acids is 1. The van der Waals surface area contributed by atoms with E-state index in [9.17, 15) is 15.0 Å². The molecule has 0 saturated heterocycles. The minimum atomic E-state index is -0.841. The number of hydrogen-bond acceptors (Lipinski definition) is 3. The smallest absolute Gasteiger partial charge is 0.220 e. The first-order valence-corrected chi connectivity index (χ1v) is 28.0. The van der Waals surface area contributed by atoms with E-state index in [-0.39, 0.29) is 12.5 Å². The molecular weight excluding hydrogens is 795 g/mol. The molecule has 0 aromatic carbocycles. The Kier molecular flexibility index (Phi) is 53.3. The largest absolute Gasteiger partial charge is 0.394 e. The fourth-order valence-corrected chi connectivity index (χ4v) is 8.10. The Morgan fingerprint density at radius 1 is 0.385 bits per heavy atom. The van der Waals surface area contributed by atoms with Crippen molar-refractivity contribution in [3.63, 3.8) is 0 Å². The molecule has 1 amide bonds. The molecule has 2 unspecified atom stereocenters. The van der Waals surface area contributed by atoms with E-state index >= 15 is 0 Å². The molecule has 0 bridgehead atoms. The zero-order valence-electron chi connectivity index (χ0n) is 43.0. The van der Waals surface area contributed by atoms with E-state index in [0.717, 1.165) is 70.6 Å². The van der Waals surface area contributed by atoms with Crippen molar-refractivity contribution in [3.8, 4) is 0 Å². The molecule has 0 aromatic rings. The Bertz CT molecular complexity index is 1210. The Morgan fingerprint density at radius 3 is 1.02 bits per heavy atom. The van der Waals surface area contributed by atoms with E-state index in [4.69, 9.17) is 0 Å². The molecule has 4 nitrogen and oxygen atoms in total. The van der Waals surface area contributed by atoms with E-state index in [1.807, 2.05) is 6.08 Å². The van der Waals surface area contributed by atoms with Crippen LogP contribution in [0.3, 0.4) is 0 Å². The summed E-state index contributed by atoms with van der Waals surface area (Å²) in [4.78, 5) is 12.4. The summed E-state index contributed by atoms with van der Waals surface area (Å²) >= 11 is 0. The number of aliphatic hydroxyl groups is 2. The molecule has 65 heavy (non-hydrogen) atoms. The van der Waals surface area contributed by atoms with Gasteiger partial charge in [0.1, 0.15) is 0 Å². The molecule has 0 aliphatic carbocycles. The summed E-state index contributed by atoms with van der Waals surface area (Å²) in [5.41, 5.74) is 0. The van der Waals surface area contributed by atoms with Crippen molar-refractivity contribution in [1.82, 2.24) is 5.32 Å². The van der Waals surface area contributed by atoms with Crippen LogP contribution in [-0.4, -0.2) is 34.9 Å². The normalized spacial score (nSPS) is 13.6. The zero-order chi connectivity index (χ0) is 47.0. The van der Waals surface area contributed by atoms with Crippen LogP contribution in [0.4, 0.5) is 0 Å². The van der Waals surface area contributed by atoms with Crippen LogP contribution in [-0.2, 0) is 4.79 Å². The Balaban J connectivity index is 3.50. The molecule has 374 valence electrons. The highest BCUT2D eigenvalue weighted by Crippen LogP contribution is 2.16. The van der Waals surface area contributed by atoms with Crippen LogP contribution in [0.1, 0.15) is 264 Å². The predicted molar refractivity (Wildman–Crippen MR) is 290 cm³/mol. The third kappa shape index (κ3) is 52.1. The van der Waals surface area contributed by atoms with Crippen LogP contribution < -0.4 is 5.32 Å². The van der Waals surface area contributed by atoms with Crippen molar-refractivity contribution >= 4 is 5.91 Å². The first-order chi connectivity index (χ1) is 32.2. The van der Waals surface area contributed by atoms with E-state index in [0.29, 0.717) is 6.42 Å². The van der Waals surface area contributed by atoms with Gasteiger partial charge in [0.25, 0.3) is 0 Å². The summed E-state index contributed by atoms with van der Waals surface area (Å²) in [5, 5.41) is 23.1. The second-order valence-corrected chi connectivity index (χ2v) is 18.6. The lowest BCUT2D eigenvalue weighted by Gasteiger charge is -2.20. The highest BCUT2D eigenvalue weighted by atomic mass is 16.3. The predicted octanol–water partition coefficient (Wildman–Crippen LogP) is 18.5. The van der Waals surface area contributed by atoms with Gasteiger partial charge in [-0.15, -0.1) is 0 Å². The van der Waals surface area contributed by atoms with Crippen LogP contribution in [0, 0.1) is 0 Å². The average molecular weight is 903 g/mol. The highest BCUT2D eigenvalue weighted by Gasteiger charge is 2.18. The second-order valence-electron chi connectivity index (χ2n) is 18.6. The number of hydrogen-bond donors (Lipinski definition) is 3.